The fraction of sp³-hybridized carbons (Fsp3) is 0.455. The number of aromatic nitrogens is 1. The summed E-state index contributed by atoms with van der Waals surface area (Å²) in [4.78, 5) is 17.1. The van der Waals surface area contributed by atoms with Gasteiger partial charge in [0.05, 0.1) is 5.92 Å². The molecule has 0 spiro atoms. The number of aryl methyl sites for hydroxylation is 1. The SMILES string of the molecule is Cc1ccc(N2CCC(C(=O)O)C2)nc1. The molecule has 1 aromatic heterocycles. The van der Waals surface area contributed by atoms with E-state index in [4.69, 9.17) is 5.11 Å². The van der Waals surface area contributed by atoms with Crippen LogP contribution in [0.2, 0.25) is 0 Å². The van der Waals surface area contributed by atoms with Crippen LogP contribution in [0.25, 0.3) is 0 Å². The van der Waals surface area contributed by atoms with Crippen molar-refractivity contribution in [3.05, 3.63) is 23.9 Å². The lowest BCUT2D eigenvalue weighted by atomic mass is 10.1. The Morgan fingerprint density at radius 3 is 2.93 bits per heavy atom. The predicted octanol–water partition coefficient (Wildman–Crippen LogP) is 1.30. The molecule has 0 bridgehead atoms. The van der Waals surface area contributed by atoms with Gasteiger partial charge in [0, 0.05) is 19.3 Å². The number of carboxylic acids is 1. The normalized spacial score (nSPS) is 20.6. The van der Waals surface area contributed by atoms with Crippen LogP contribution in [0.3, 0.4) is 0 Å². The quantitative estimate of drug-likeness (QED) is 0.792. The summed E-state index contributed by atoms with van der Waals surface area (Å²) in [5, 5.41) is 8.87. The van der Waals surface area contributed by atoms with E-state index in [9.17, 15) is 4.79 Å². The Morgan fingerprint density at radius 1 is 1.60 bits per heavy atom. The fourth-order valence-electron chi connectivity index (χ4n) is 1.82. The molecule has 1 aliphatic rings. The monoisotopic (exact) mass is 206 g/mol. The van der Waals surface area contributed by atoms with Crippen molar-refractivity contribution in [2.75, 3.05) is 18.0 Å². The van der Waals surface area contributed by atoms with Gasteiger partial charge in [-0.1, -0.05) is 6.07 Å². The summed E-state index contributed by atoms with van der Waals surface area (Å²) in [7, 11) is 0. The predicted molar refractivity (Wildman–Crippen MR) is 56.9 cm³/mol. The van der Waals surface area contributed by atoms with Crippen LogP contribution in [0.1, 0.15) is 12.0 Å². The molecular formula is C11H14N2O2. The smallest absolute Gasteiger partial charge is 0.308 e. The average molecular weight is 206 g/mol. The van der Waals surface area contributed by atoms with Crippen LogP contribution in [0, 0.1) is 12.8 Å². The van der Waals surface area contributed by atoms with Crippen molar-refractivity contribution in [2.45, 2.75) is 13.3 Å². The van der Waals surface area contributed by atoms with Gasteiger partial charge in [-0.2, -0.15) is 0 Å². The minimum atomic E-state index is -0.704. The number of hydrogen-bond donors (Lipinski definition) is 1. The summed E-state index contributed by atoms with van der Waals surface area (Å²) in [6.07, 6.45) is 2.52. The summed E-state index contributed by atoms with van der Waals surface area (Å²) < 4.78 is 0. The Labute approximate surface area is 88.6 Å². The van der Waals surface area contributed by atoms with E-state index in [1.807, 2.05) is 30.2 Å². The highest BCUT2D eigenvalue weighted by Gasteiger charge is 2.28. The number of hydrogen-bond acceptors (Lipinski definition) is 3. The lowest BCUT2D eigenvalue weighted by Crippen LogP contribution is -2.23. The highest BCUT2D eigenvalue weighted by atomic mass is 16.4. The van der Waals surface area contributed by atoms with Gasteiger partial charge in [0.1, 0.15) is 5.82 Å². The molecule has 1 saturated heterocycles. The summed E-state index contributed by atoms with van der Waals surface area (Å²) in [6, 6.07) is 3.94. The number of anilines is 1. The maximum Gasteiger partial charge on any atom is 0.308 e. The van der Waals surface area contributed by atoms with E-state index in [2.05, 4.69) is 4.98 Å². The fourth-order valence-corrected chi connectivity index (χ4v) is 1.82. The standard InChI is InChI=1S/C11H14N2O2/c1-8-2-3-10(12-6-8)13-5-4-9(7-13)11(14)15/h2-3,6,9H,4-5,7H2,1H3,(H,14,15). The molecule has 2 heterocycles. The number of pyridine rings is 1. The summed E-state index contributed by atoms with van der Waals surface area (Å²) in [5.74, 6) is -0.0675. The molecule has 0 amide bonds. The van der Waals surface area contributed by atoms with Gasteiger partial charge in [0.25, 0.3) is 0 Å². The molecule has 1 N–H and O–H groups in total. The van der Waals surface area contributed by atoms with Gasteiger partial charge in [-0.25, -0.2) is 4.98 Å². The van der Waals surface area contributed by atoms with E-state index >= 15 is 0 Å². The molecule has 0 radical (unpaired) electrons. The van der Waals surface area contributed by atoms with Gasteiger partial charge in [-0.15, -0.1) is 0 Å². The summed E-state index contributed by atoms with van der Waals surface area (Å²) >= 11 is 0. The maximum absolute atomic E-state index is 10.8. The number of carbonyl (C=O) groups is 1. The highest BCUT2D eigenvalue weighted by Crippen LogP contribution is 2.22. The zero-order chi connectivity index (χ0) is 10.8. The van der Waals surface area contributed by atoms with Gasteiger partial charge in [-0.05, 0) is 25.0 Å². The molecule has 0 aromatic carbocycles. The van der Waals surface area contributed by atoms with Crippen molar-refractivity contribution in [3.63, 3.8) is 0 Å². The minimum absolute atomic E-state index is 0.242. The van der Waals surface area contributed by atoms with Crippen LogP contribution in [0.5, 0.6) is 0 Å². The number of aliphatic carboxylic acids is 1. The molecule has 15 heavy (non-hydrogen) atoms. The largest absolute Gasteiger partial charge is 0.481 e. The molecule has 1 atom stereocenters. The molecule has 1 aliphatic heterocycles. The Morgan fingerprint density at radius 2 is 2.40 bits per heavy atom. The first-order valence-corrected chi connectivity index (χ1v) is 5.07. The molecule has 4 nitrogen and oxygen atoms in total. The number of carboxylic acid groups (broad SMARTS) is 1. The molecule has 4 heteroatoms. The maximum atomic E-state index is 10.8. The van der Waals surface area contributed by atoms with Crippen molar-refractivity contribution in [2.24, 2.45) is 5.92 Å². The molecule has 2 rings (SSSR count). The molecule has 0 saturated carbocycles. The number of nitrogens with zero attached hydrogens (tertiary/aromatic N) is 2. The molecule has 80 valence electrons. The molecule has 1 unspecified atom stereocenters. The Kier molecular flexibility index (Phi) is 2.58. The second kappa shape index (κ2) is 3.88. The van der Waals surface area contributed by atoms with E-state index < -0.39 is 5.97 Å². The third kappa shape index (κ3) is 2.09. The van der Waals surface area contributed by atoms with Gasteiger partial charge in [0.15, 0.2) is 0 Å². The first-order chi connectivity index (χ1) is 7.16. The van der Waals surface area contributed by atoms with Crippen molar-refractivity contribution in [3.8, 4) is 0 Å². The molecule has 0 aliphatic carbocycles. The minimum Gasteiger partial charge on any atom is -0.481 e. The van der Waals surface area contributed by atoms with Crippen LogP contribution in [-0.4, -0.2) is 29.1 Å². The van der Waals surface area contributed by atoms with Crippen LogP contribution in [0.4, 0.5) is 5.82 Å². The third-order valence-corrected chi connectivity index (χ3v) is 2.76. The van der Waals surface area contributed by atoms with Crippen LogP contribution >= 0.6 is 0 Å². The van der Waals surface area contributed by atoms with E-state index in [1.165, 1.54) is 0 Å². The first-order valence-electron chi connectivity index (χ1n) is 5.07. The van der Waals surface area contributed by atoms with Gasteiger partial charge in [-0.3, -0.25) is 4.79 Å². The van der Waals surface area contributed by atoms with Gasteiger partial charge < -0.3 is 10.0 Å². The topological polar surface area (TPSA) is 53.4 Å². The van der Waals surface area contributed by atoms with Gasteiger partial charge >= 0.3 is 5.97 Å². The van der Waals surface area contributed by atoms with Crippen molar-refractivity contribution in [1.29, 1.82) is 0 Å². The van der Waals surface area contributed by atoms with Crippen molar-refractivity contribution >= 4 is 11.8 Å². The van der Waals surface area contributed by atoms with E-state index in [1.54, 1.807) is 0 Å². The molecule has 1 fully saturated rings. The lowest BCUT2D eigenvalue weighted by Gasteiger charge is -2.16. The van der Waals surface area contributed by atoms with Crippen LogP contribution in [-0.2, 0) is 4.79 Å². The average Bonchev–Trinajstić information content (AvgIpc) is 2.68. The van der Waals surface area contributed by atoms with Gasteiger partial charge in [0.2, 0.25) is 0 Å². The van der Waals surface area contributed by atoms with E-state index in [-0.39, 0.29) is 5.92 Å². The van der Waals surface area contributed by atoms with Crippen molar-refractivity contribution < 1.29 is 9.90 Å². The lowest BCUT2D eigenvalue weighted by molar-refractivity contribution is -0.140. The van der Waals surface area contributed by atoms with Crippen LogP contribution < -0.4 is 4.90 Å². The van der Waals surface area contributed by atoms with Crippen molar-refractivity contribution in [1.82, 2.24) is 4.98 Å². The van der Waals surface area contributed by atoms with Crippen LogP contribution in [0.15, 0.2) is 18.3 Å². The highest BCUT2D eigenvalue weighted by molar-refractivity contribution is 5.71. The zero-order valence-electron chi connectivity index (χ0n) is 8.68. The second-order valence-electron chi connectivity index (χ2n) is 3.96. The molecular weight excluding hydrogens is 192 g/mol. The van der Waals surface area contributed by atoms with E-state index in [0.29, 0.717) is 13.0 Å². The molecule has 1 aromatic rings. The zero-order valence-corrected chi connectivity index (χ0v) is 8.68. The Hall–Kier alpha value is -1.58. The third-order valence-electron chi connectivity index (χ3n) is 2.76. The number of rotatable bonds is 2. The Bertz CT molecular complexity index is 361. The van der Waals surface area contributed by atoms with E-state index in [0.717, 1.165) is 17.9 Å². The first kappa shape index (κ1) is 9.96. The summed E-state index contributed by atoms with van der Waals surface area (Å²) in [6.45, 7) is 3.35. The second-order valence-corrected chi connectivity index (χ2v) is 3.96. The Balaban J connectivity index is 2.07. The summed E-state index contributed by atoms with van der Waals surface area (Å²) in [5.41, 5.74) is 1.12.